The van der Waals surface area contributed by atoms with Gasteiger partial charge in [0.2, 0.25) is 0 Å². The van der Waals surface area contributed by atoms with Crippen LogP contribution in [0, 0.1) is 5.92 Å². The van der Waals surface area contributed by atoms with Crippen molar-refractivity contribution in [3.63, 3.8) is 0 Å². The fourth-order valence-corrected chi connectivity index (χ4v) is 3.30. The monoisotopic (exact) mass is 325 g/mol. The Balaban J connectivity index is 1.78. The molecule has 1 aliphatic rings. The first-order valence-electron chi connectivity index (χ1n) is 7.29. The van der Waals surface area contributed by atoms with Gasteiger partial charge in [-0.25, -0.2) is 0 Å². The zero-order valence-electron chi connectivity index (χ0n) is 11.7. The van der Waals surface area contributed by atoms with Crippen molar-refractivity contribution in [2.45, 2.75) is 51.2 Å². The van der Waals surface area contributed by atoms with Gasteiger partial charge in [0.05, 0.1) is 5.60 Å². The summed E-state index contributed by atoms with van der Waals surface area (Å²) in [6, 6.07) is 8.23. The molecule has 0 bridgehead atoms. The number of rotatable bonds is 5. The summed E-state index contributed by atoms with van der Waals surface area (Å²) in [7, 11) is 0. The molecule has 2 N–H and O–H groups in total. The SMILES string of the molecule is CCC1CCC(O)(CNCc2ccccc2Br)CC1. The molecule has 1 aromatic carbocycles. The molecule has 0 amide bonds. The van der Waals surface area contributed by atoms with Crippen LogP contribution in [0.1, 0.15) is 44.6 Å². The topological polar surface area (TPSA) is 32.3 Å². The molecular weight excluding hydrogens is 302 g/mol. The largest absolute Gasteiger partial charge is 0.389 e. The van der Waals surface area contributed by atoms with E-state index in [0.29, 0.717) is 6.54 Å². The van der Waals surface area contributed by atoms with Crippen LogP contribution in [0.4, 0.5) is 0 Å². The number of halogens is 1. The number of nitrogens with one attached hydrogen (secondary N) is 1. The van der Waals surface area contributed by atoms with Gasteiger partial charge in [-0.1, -0.05) is 47.5 Å². The van der Waals surface area contributed by atoms with Crippen molar-refractivity contribution in [3.05, 3.63) is 34.3 Å². The lowest BCUT2D eigenvalue weighted by atomic mass is 9.78. The van der Waals surface area contributed by atoms with E-state index in [-0.39, 0.29) is 0 Å². The number of hydrogen-bond acceptors (Lipinski definition) is 2. The Morgan fingerprint density at radius 3 is 2.63 bits per heavy atom. The van der Waals surface area contributed by atoms with Gasteiger partial charge in [0.15, 0.2) is 0 Å². The van der Waals surface area contributed by atoms with Crippen molar-refractivity contribution < 1.29 is 5.11 Å². The highest BCUT2D eigenvalue weighted by Crippen LogP contribution is 2.33. The van der Waals surface area contributed by atoms with E-state index in [1.54, 1.807) is 0 Å². The summed E-state index contributed by atoms with van der Waals surface area (Å²) in [6.45, 7) is 3.76. The normalized spacial score (nSPS) is 27.4. The Hall–Kier alpha value is -0.380. The second-order valence-electron chi connectivity index (χ2n) is 5.77. The van der Waals surface area contributed by atoms with Gasteiger partial charge in [0.25, 0.3) is 0 Å². The third-order valence-corrected chi connectivity index (χ3v) is 5.11. The molecule has 1 aliphatic carbocycles. The lowest BCUT2D eigenvalue weighted by Gasteiger charge is -2.36. The van der Waals surface area contributed by atoms with Crippen molar-refractivity contribution in [3.8, 4) is 0 Å². The van der Waals surface area contributed by atoms with Crippen LogP contribution < -0.4 is 5.32 Å². The summed E-state index contributed by atoms with van der Waals surface area (Å²) in [5, 5.41) is 14.0. The van der Waals surface area contributed by atoms with E-state index in [1.807, 2.05) is 12.1 Å². The molecule has 0 radical (unpaired) electrons. The van der Waals surface area contributed by atoms with Crippen LogP contribution in [0.2, 0.25) is 0 Å². The molecule has 0 atom stereocenters. The fraction of sp³-hybridized carbons (Fsp3) is 0.625. The predicted molar refractivity (Wildman–Crippen MR) is 83.0 cm³/mol. The Kier molecular flexibility index (Phi) is 5.43. The summed E-state index contributed by atoms with van der Waals surface area (Å²) >= 11 is 3.55. The van der Waals surface area contributed by atoms with Gasteiger partial charge in [-0.2, -0.15) is 0 Å². The summed E-state index contributed by atoms with van der Waals surface area (Å²) in [6.07, 6.45) is 5.47. The fourth-order valence-electron chi connectivity index (χ4n) is 2.87. The minimum atomic E-state index is -0.493. The van der Waals surface area contributed by atoms with E-state index in [9.17, 15) is 5.11 Å². The maximum Gasteiger partial charge on any atom is 0.0771 e. The van der Waals surface area contributed by atoms with E-state index < -0.39 is 5.60 Å². The average Bonchev–Trinajstić information content (AvgIpc) is 2.42. The first kappa shape index (κ1) is 15.0. The first-order chi connectivity index (χ1) is 9.13. The van der Waals surface area contributed by atoms with Crippen LogP contribution in [0.5, 0.6) is 0 Å². The molecule has 0 aliphatic heterocycles. The molecule has 1 fully saturated rings. The summed E-state index contributed by atoms with van der Waals surface area (Å²) < 4.78 is 1.13. The van der Waals surface area contributed by atoms with E-state index in [4.69, 9.17) is 0 Å². The molecule has 1 saturated carbocycles. The van der Waals surface area contributed by atoms with Crippen molar-refractivity contribution in [1.29, 1.82) is 0 Å². The predicted octanol–water partition coefficient (Wildman–Crippen LogP) is 3.87. The van der Waals surface area contributed by atoms with Crippen LogP contribution >= 0.6 is 15.9 Å². The van der Waals surface area contributed by atoms with E-state index in [0.717, 1.165) is 29.8 Å². The summed E-state index contributed by atoms with van der Waals surface area (Å²) in [4.78, 5) is 0. The van der Waals surface area contributed by atoms with Crippen LogP contribution in [-0.4, -0.2) is 17.3 Å². The Morgan fingerprint density at radius 1 is 1.32 bits per heavy atom. The van der Waals surface area contributed by atoms with Crippen molar-refractivity contribution in [2.24, 2.45) is 5.92 Å². The third-order valence-electron chi connectivity index (χ3n) is 4.34. The van der Waals surface area contributed by atoms with Gasteiger partial charge >= 0.3 is 0 Å². The first-order valence-corrected chi connectivity index (χ1v) is 8.09. The lowest BCUT2D eigenvalue weighted by molar-refractivity contribution is -0.00881. The highest BCUT2D eigenvalue weighted by atomic mass is 79.9. The Bertz CT molecular complexity index is 399. The molecule has 2 rings (SSSR count). The molecule has 1 aromatic rings. The van der Waals surface area contributed by atoms with Gasteiger partial charge in [0.1, 0.15) is 0 Å². The number of hydrogen-bond donors (Lipinski definition) is 2. The van der Waals surface area contributed by atoms with Crippen LogP contribution in [0.25, 0.3) is 0 Å². The maximum atomic E-state index is 10.6. The average molecular weight is 326 g/mol. The second-order valence-corrected chi connectivity index (χ2v) is 6.63. The van der Waals surface area contributed by atoms with Crippen molar-refractivity contribution >= 4 is 15.9 Å². The van der Waals surface area contributed by atoms with E-state index >= 15 is 0 Å². The molecule has 19 heavy (non-hydrogen) atoms. The number of benzene rings is 1. The zero-order valence-corrected chi connectivity index (χ0v) is 13.2. The molecule has 0 heterocycles. The highest BCUT2D eigenvalue weighted by Gasteiger charge is 2.32. The molecule has 0 unspecified atom stereocenters. The molecule has 106 valence electrons. The van der Waals surface area contributed by atoms with Gasteiger partial charge in [-0.3, -0.25) is 0 Å². The third kappa shape index (κ3) is 4.30. The van der Waals surface area contributed by atoms with E-state index in [2.05, 4.69) is 40.3 Å². The smallest absolute Gasteiger partial charge is 0.0771 e. The van der Waals surface area contributed by atoms with Crippen LogP contribution in [0.15, 0.2) is 28.7 Å². The standard InChI is InChI=1S/C16H24BrNO/c1-2-13-7-9-16(19,10-8-13)12-18-11-14-5-3-4-6-15(14)17/h3-6,13,18-19H,2,7-12H2,1H3. The lowest BCUT2D eigenvalue weighted by Crippen LogP contribution is -2.43. The van der Waals surface area contributed by atoms with Gasteiger partial charge in [-0.05, 0) is 43.2 Å². The van der Waals surface area contributed by atoms with Crippen molar-refractivity contribution in [1.82, 2.24) is 5.32 Å². The minimum absolute atomic E-state index is 0.493. The molecule has 0 spiro atoms. The number of aliphatic hydroxyl groups is 1. The molecular formula is C16H24BrNO. The van der Waals surface area contributed by atoms with E-state index in [1.165, 1.54) is 24.8 Å². The molecule has 2 nitrogen and oxygen atoms in total. The summed E-state index contributed by atoms with van der Waals surface area (Å²) in [5.41, 5.74) is 0.751. The Labute approximate surface area is 124 Å². The van der Waals surface area contributed by atoms with Crippen molar-refractivity contribution in [2.75, 3.05) is 6.54 Å². The molecule has 3 heteroatoms. The van der Waals surface area contributed by atoms with Crippen LogP contribution in [-0.2, 0) is 6.54 Å². The molecule has 0 saturated heterocycles. The quantitative estimate of drug-likeness (QED) is 0.861. The maximum absolute atomic E-state index is 10.6. The zero-order chi connectivity index (χ0) is 13.7. The van der Waals surface area contributed by atoms with Crippen LogP contribution in [0.3, 0.4) is 0 Å². The highest BCUT2D eigenvalue weighted by molar-refractivity contribution is 9.10. The minimum Gasteiger partial charge on any atom is -0.389 e. The second kappa shape index (κ2) is 6.87. The Morgan fingerprint density at radius 2 is 2.00 bits per heavy atom. The van der Waals surface area contributed by atoms with Gasteiger partial charge < -0.3 is 10.4 Å². The van der Waals surface area contributed by atoms with Gasteiger partial charge in [-0.15, -0.1) is 0 Å². The summed E-state index contributed by atoms with van der Waals surface area (Å²) in [5.74, 6) is 0.823. The molecule has 0 aromatic heterocycles. The van der Waals surface area contributed by atoms with Gasteiger partial charge in [0, 0.05) is 17.6 Å².